The molecule has 1 aromatic heterocycles. The summed E-state index contributed by atoms with van der Waals surface area (Å²) in [6.45, 7) is 4.91. The zero-order chi connectivity index (χ0) is 12.3. The van der Waals surface area contributed by atoms with E-state index in [9.17, 15) is 9.59 Å². The Hall–Kier alpha value is -1.92. The molecule has 0 aromatic carbocycles. The number of likely N-dealkylation sites (N-methyl/N-ethyl adjacent to an activating group) is 1. The van der Waals surface area contributed by atoms with E-state index >= 15 is 0 Å². The number of aliphatic carboxylic acids is 1. The lowest BCUT2D eigenvalue weighted by Gasteiger charge is -2.33. The summed E-state index contributed by atoms with van der Waals surface area (Å²) in [6.07, 6.45) is 1.20. The Morgan fingerprint density at radius 3 is 2.56 bits per heavy atom. The first-order valence-corrected chi connectivity index (χ1v) is 4.82. The standard InChI is InChI=1S/C9H14N4O3/c1-4-13(9(2,3)8(15)16)7(14)6-10-5-11-12-6/h5H,4H2,1-3H3,(H,15,16)(H,10,11,12). The van der Waals surface area contributed by atoms with Crippen molar-refractivity contribution >= 4 is 11.9 Å². The molecule has 0 saturated carbocycles. The number of nitrogens with one attached hydrogen (secondary N) is 1. The highest BCUT2D eigenvalue weighted by atomic mass is 16.4. The van der Waals surface area contributed by atoms with E-state index in [2.05, 4.69) is 15.2 Å². The number of aromatic amines is 1. The summed E-state index contributed by atoms with van der Waals surface area (Å²) in [7, 11) is 0. The number of aromatic nitrogens is 3. The number of hydrogen-bond acceptors (Lipinski definition) is 4. The SMILES string of the molecule is CCN(C(=O)c1ncn[nH]1)C(C)(C)C(=O)O. The van der Waals surface area contributed by atoms with E-state index < -0.39 is 17.4 Å². The maximum absolute atomic E-state index is 11.9. The molecule has 0 spiro atoms. The Morgan fingerprint density at radius 2 is 2.19 bits per heavy atom. The van der Waals surface area contributed by atoms with Gasteiger partial charge in [-0.1, -0.05) is 0 Å². The van der Waals surface area contributed by atoms with Crippen LogP contribution in [-0.2, 0) is 4.79 Å². The predicted octanol–water partition coefficient (Wildman–Crippen LogP) is 0.130. The van der Waals surface area contributed by atoms with E-state index in [1.165, 1.54) is 25.1 Å². The van der Waals surface area contributed by atoms with Crippen molar-refractivity contribution in [3.8, 4) is 0 Å². The Labute approximate surface area is 92.5 Å². The van der Waals surface area contributed by atoms with Crippen LogP contribution in [0.25, 0.3) is 0 Å². The average molecular weight is 226 g/mol. The van der Waals surface area contributed by atoms with Crippen LogP contribution in [0.3, 0.4) is 0 Å². The van der Waals surface area contributed by atoms with Crippen LogP contribution >= 0.6 is 0 Å². The smallest absolute Gasteiger partial charge is 0.329 e. The number of hydrogen-bond donors (Lipinski definition) is 2. The maximum Gasteiger partial charge on any atom is 0.329 e. The number of carbonyl (C=O) groups is 2. The third-order valence-corrected chi connectivity index (χ3v) is 2.38. The van der Waals surface area contributed by atoms with Crippen LogP contribution in [0.2, 0.25) is 0 Å². The van der Waals surface area contributed by atoms with E-state index in [1.54, 1.807) is 6.92 Å². The Balaban J connectivity index is 3.00. The first-order valence-electron chi connectivity index (χ1n) is 4.82. The molecule has 1 amide bonds. The van der Waals surface area contributed by atoms with E-state index in [4.69, 9.17) is 5.11 Å². The molecule has 0 unspecified atom stereocenters. The number of carbonyl (C=O) groups excluding carboxylic acids is 1. The Kier molecular flexibility index (Phi) is 3.26. The number of rotatable bonds is 4. The maximum atomic E-state index is 11.9. The van der Waals surface area contributed by atoms with Crippen molar-refractivity contribution in [1.82, 2.24) is 20.1 Å². The third kappa shape index (κ3) is 2.02. The van der Waals surface area contributed by atoms with Gasteiger partial charge in [0.2, 0.25) is 5.82 Å². The molecule has 0 bridgehead atoms. The number of nitrogens with zero attached hydrogens (tertiary/aromatic N) is 3. The molecule has 0 saturated heterocycles. The number of carboxylic acids is 1. The molecule has 1 aromatic rings. The zero-order valence-corrected chi connectivity index (χ0v) is 9.39. The van der Waals surface area contributed by atoms with Crippen molar-refractivity contribution in [2.24, 2.45) is 0 Å². The predicted molar refractivity (Wildman–Crippen MR) is 54.8 cm³/mol. The summed E-state index contributed by atoms with van der Waals surface area (Å²) in [5, 5.41) is 15.0. The molecule has 7 heteroatoms. The van der Waals surface area contributed by atoms with Crippen molar-refractivity contribution in [3.05, 3.63) is 12.2 Å². The second kappa shape index (κ2) is 4.30. The van der Waals surface area contributed by atoms with Crippen molar-refractivity contribution in [3.63, 3.8) is 0 Å². The normalized spacial score (nSPS) is 11.2. The molecular weight excluding hydrogens is 212 g/mol. The molecule has 0 aliphatic rings. The van der Waals surface area contributed by atoms with Gasteiger partial charge >= 0.3 is 5.97 Å². The van der Waals surface area contributed by atoms with Crippen LogP contribution in [0.5, 0.6) is 0 Å². The highest BCUT2D eigenvalue weighted by Gasteiger charge is 2.38. The van der Waals surface area contributed by atoms with Crippen molar-refractivity contribution in [1.29, 1.82) is 0 Å². The Morgan fingerprint density at radius 1 is 1.56 bits per heavy atom. The van der Waals surface area contributed by atoms with Gasteiger partial charge in [0, 0.05) is 6.54 Å². The molecule has 16 heavy (non-hydrogen) atoms. The lowest BCUT2D eigenvalue weighted by molar-refractivity contribution is -0.147. The molecule has 0 fully saturated rings. The van der Waals surface area contributed by atoms with Crippen LogP contribution in [0.4, 0.5) is 0 Å². The fourth-order valence-electron chi connectivity index (χ4n) is 1.34. The van der Waals surface area contributed by atoms with E-state index in [0.717, 1.165) is 0 Å². The third-order valence-electron chi connectivity index (χ3n) is 2.38. The summed E-state index contributed by atoms with van der Waals surface area (Å²) in [6, 6.07) is 0. The quantitative estimate of drug-likeness (QED) is 0.760. The van der Waals surface area contributed by atoms with Gasteiger partial charge in [-0.25, -0.2) is 9.78 Å². The van der Waals surface area contributed by atoms with Gasteiger partial charge in [0.1, 0.15) is 11.9 Å². The van der Waals surface area contributed by atoms with E-state index in [0.29, 0.717) is 0 Å². The molecule has 2 N–H and O–H groups in total. The highest BCUT2D eigenvalue weighted by Crippen LogP contribution is 2.16. The molecule has 0 radical (unpaired) electrons. The number of H-pyrrole nitrogens is 1. The van der Waals surface area contributed by atoms with Crippen molar-refractivity contribution < 1.29 is 14.7 Å². The van der Waals surface area contributed by atoms with Gasteiger partial charge in [0.25, 0.3) is 5.91 Å². The number of amides is 1. The topological polar surface area (TPSA) is 99.2 Å². The van der Waals surface area contributed by atoms with Crippen molar-refractivity contribution in [2.45, 2.75) is 26.3 Å². The van der Waals surface area contributed by atoms with Gasteiger partial charge in [-0.2, -0.15) is 5.10 Å². The van der Waals surface area contributed by atoms with Gasteiger partial charge in [-0.15, -0.1) is 0 Å². The summed E-state index contributed by atoms with van der Waals surface area (Å²) >= 11 is 0. The molecule has 1 heterocycles. The summed E-state index contributed by atoms with van der Waals surface area (Å²) in [5.74, 6) is -1.51. The van der Waals surface area contributed by atoms with Gasteiger partial charge in [-0.05, 0) is 20.8 Å². The van der Waals surface area contributed by atoms with Gasteiger partial charge in [-0.3, -0.25) is 9.89 Å². The minimum atomic E-state index is -1.28. The summed E-state index contributed by atoms with van der Waals surface area (Å²) in [5.41, 5.74) is -1.28. The zero-order valence-electron chi connectivity index (χ0n) is 9.39. The molecule has 88 valence electrons. The van der Waals surface area contributed by atoms with E-state index in [-0.39, 0.29) is 12.4 Å². The summed E-state index contributed by atoms with van der Waals surface area (Å²) < 4.78 is 0. The average Bonchev–Trinajstić information content (AvgIpc) is 2.70. The lowest BCUT2D eigenvalue weighted by atomic mass is 10.0. The van der Waals surface area contributed by atoms with Gasteiger partial charge in [0.05, 0.1) is 0 Å². The Bertz CT molecular complexity index is 385. The second-order valence-corrected chi connectivity index (χ2v) is 3.75. The van der Waals surface area contributed by atoms with Crippen LogP contribution < -0.4 is 0 Å². The van der Waals surface area contributed by atoms with Crippen LogP contribution in [0.1, 0.15) is 31.4 Å². The monoisotopic (exact) mass is 226 g/mol. The fraction of sp³-hybridized carbons (Fsp3) is 0.556. The second-order valence-electron chi connectivity index (χ2n) is 3.75. The highest BCUT2D eigenvalue weighted by molar-refractivity contribution is 5.94. The van der Waals surface area contributed by atoms with Gasteiger partial charge in [0.15, 0.2) is 0 Å². The fourth-order valence-corrected chi connectivity index (χ4v) is 1.34. The molecule has 1 rings (SSSR count). The largest absolute Gasteiger partial charge is 0.480 e. The molecule has 0 aliphatic heterocycles. The summed E-state index contributed by atoms with van der Waals surface area (Å²) in [4.78, 5) is 27.9. The molecule has 0 atom stereocenters. The minimum Gasteiger partial charge on any atom is -0.480 e. The molecule has 7 nitrogen and oxygen atoms in total. The molecular formula is C9H14N4O3. The van der Waals surface area contributed by atoms with Crippen LogP contribution in [0.15, 0.2) is 6.33 Å². The van der Waals surface area contributed by atoms with Crippen LogP contribution in [0, 0.1) is 0 Å². The lowest BCUT2D eigenvalue weighted by Crippen LogP contribution is -2.53. The van der Waals surface area contributed by atoms with E-state index in [1.807, 2.05) is 0 Å². The van der Waals surface area contributed by atoms with Crippen molar-refractivity contribution in [2.75, 3.05) is 6.54 Å². The minimum absolute atomic E-state index is 0.0381. The molecule has 0 aliphatic carbocycles. The number of carboxylic acid groups (broad SMARTS) is 1. The van der Waals surface area contributed by atoms with Gasteiger partial charge < -0.3 is 10.0 Å². The first kappa shape index (κ1) is 12.2. The first-order chi connectivity index (χ1) is 7.41. The van der Waals surface area contributed by atoms with Crippen LogP contribution in [-0.4, -0.2) is 49.1 Å².